The minimum atomic E-state index is -0.519. The maximum Gasteiger partial charge on any atom is 0.263 e. The Bertz CT molecular complexity index is 1010. The van der Waals surface area contributed by atoms with Crippen LogP contribution in [0.15, 0.2) is 54.6 Å². The van der Waals surface area contributed by atoms with Gasteiger partial charge in [0.25, 0.3) is 5.91 Å². The summed E-state index contributed by atoms with van der Waals surface area (Å²) in [6.45, 7) is 1.95. The molecule has 3 aromatic rings. The summed E-state index contributed by atoms with van der Waals surface area (Å²) in [4.78, 5) is 14.0. The van der Waals surface area contributed by atoms with Crippen LogP contribution >= 0.6 is 0 Å². The van der Waals surface area contributed by atoms with Crippen molar-refractivity contribution in [2.45, 2.75) is 19.4 Å². The minimum Gasteiger partial charge on any atom is -0.497 e. The van der Waals surface area contributed by atoms with Gasteiger partial charge < -0.3 is 19.1 Å². The van der Waals surface area contributed by atoms with E-state index in [0.29, 0.717) is 12.2 Å². The molecule has 0 spiro atoms. The molecule has 5 heteroatoms. The minimum absolute atomic E-state index is 0.0440. The van der Waals surface area contributed by atoms with Gasteiger partial charge in [-0.2, -0.15) is 0 Å². The molecule has 3 aromatic carbocycles. The molecule has 0 heterocycles. The van der Waals surface area contributed by atoms with Crippen LogP contribution in [0.3, 0.4) is 0 Å². The standard InChI is InChI=1S/C24H27NO4/c1-6-21(24(26)25(2)3)29-22-14-13-18(17-9-7-8-10-19(17)22)20-12-11-16(27-4)15-23(20)28-5/h7-15,21H,6H2,1-5H3. The molecule has 0 aliphatic heterocycles. The molecule has 0 bridgehead atoms. The Morgan fingerprint density at radius 2 is 1.59 bits per heavy atom. The number of fused-ring (bicyclic) bond motifs is 1. The van der Waals surface area contributed by atoms with Crippen molar-refractivity contribution in [1.29, 1.82) is 0 Å². The molecule has 152 valence electrons. The Balaban J connectivity index is 2.10. The summed E-state index contributed by atoms with van der Waals surface area (Å²) in [5, 5.41) is 1.98. The number of ether oxygens (including phenoxy) is 3. The molecule has 0 aliphatic carbocycles. The average molecular weight is 393 g/mol. The molecule has 0 saturated carbocycles. The molecular formula is C24H27NO4. The molecule has 0 saturated heterocycles. The predicted molar refractivity (Wildman–Crippen MR) is 116 cm³/mol. The van der Waals surface area contributed by atoms with Crippen LogP contribution in [0.25, 0.3) is 21.9 Å². The molecule has 0 aromatic heterocycles. The monoisotopic (exact) mass is 393 g/mol. The van der Waals surface area contributed by atoms with Crippen molar-refractivity contribution in [3.05, 3.63) is 54.6 Å². The van der Waals surface area contributed by atoms with E-state index in [4.69, 9.17) is 14.2 Å². The molecule has 3 rings (SSSR count). The van der Waals surface area contributed by atoms with Crippen LogP contribution in [0.5, 0.6) is 17.2 Å². The number of benzene rings is 3. The number of hydrogen-bond donors (Lipinski definition) is 0. The maximum absolute atomic E-state index is 12.4. The van der Waals surface area contributed by atoms with Crippen LogP contribution in [0.4, 0.5) is 0 Å². The highest BCUT2D eigenvalue weighted by molar-refractivity contribution is 6.01. The first-order valence-electron chi connectivity index (χ1n) is 9.62. The second-order valence-electron chi connectivity index (χ2n) is 6.97. The van der Waals surface area contributed by atoms with E-state index in [1.54, 1.807) is 33.2 Å². The van der Waals surface area contributed by atoms with Gasteiger partial charge in [0.2, 0.25) is 0 Å². The molecule has 0 fully saturated rings. The number of methoxy groups -OCH3 is 2. The van der Waals surface area contributed by atoms with Crippen molar-refractivity contribution in [3.63, 3.8) is 0 Å². The number of nitrogens with zero attached hydrogens (tertiary/aromatic N) is 1. The number of carbonyl (C=O) groups is 1. The van der Waals surface area contributed by atoms with E-state index < -0.39 is 6.10 Å². The van der Waals surface area contributed by atoms with Crippen LogP contribution in [0.2, 0.25) is 0 Å². The zero-order valence-corrected chi connectivity index (χ0v) is 17.6. The third-order valence-electron chi connectivity index (χ3n) is 4.94. The summed E-state index contributed by atoms with van der Waals surface area (Å²) in [6.07, 6.45) is 0.0779. The summed E-state index contributed by atoms with van der Waals surface area (Å²) in [5.41, 5.74) is 1.99. The molecule has 29 heavy (non-hydrogen) atoms. The van der Waals surface area contributed by atoms with Gasteiger partial charge >= 0.3 is 0 Å². The molecule has 0 aliphatic rings. The van der Waals surface area contributed by atoms with E-state index >= 15 is 0 Å². The zero-order chi connectivity index (χ0) is 21.0. The molecule has 1 amide bonds. The maximum atomic E-state index is 12.4. The highest BCUT2D eigenvalue weighted by atomic mass is 16.5. The fourth-order valence-electron chi connectivity index (χ4n) is 3.38. The third kappa shape index (κ3) is 4.14. The molecular weight excluding hydrogens is 366 g/mol. The second kappa shape index (κ2) is 8.86. The van der Waals surface area contributed by atoms with Gasteiger partial charge in [-0.15, -0.1) is 0 Å². The van der Waals surface area contributed by atoms with Crippen molar-refractivity contribution < 1.29 is 19.0 Å². The van der Waals surface area contributed by atoms with Gasteiger partial charge in [-0.3, -0.25) is 4.79 Å². The van der Waals surface area contributed by atoms with E-state index in [-0.39, 0.29) is 5.91 Å². The van der Waals surface area contributed by atoms with Crippen LogP contribution < -0.4 is 14.2 Å². The highest BCUT2D eigenvalue weighted by Crippen LogP contribution is 2.40. The summed E-state index contributed by atoms with van der Waals surface area (Å²) >= 11 is 0. The number of likely N-dealkylation sites (N-methyl/N-ethyl adjacent to an activating group) is 1. The average Bonchev–Trinajstić information content (AvgIpc) is 2.76. The summed E-state index contributed by atoms with van der Waals surface area (Å²) in [5.74, 6) is 2.12. The van der Waals surface area contributed by atoms with Gasteiger partial charge in [0, 0.05) is 31.1 Å². The first-order chi connectivity index (χ1) is 14.0. The quantitative estimate of drug-likeness (QED) is 0.580. The molecule has 1 atom stereocenters. The first-order valence-corrected chi connectivity index (χ1v) is 9.62. The normalized spacial score (nSPS) is 11.8. The summed E-state index contributed by atoms with van der Waals surface area (Å²) in [6, 6.07) is 17.7. The lowest BCUT2D eigenvalue weighted by molar-refractivity contribution is -0.136. The second-order valence-corrected chi connectivity index (χ2v) is 6.97. The van der Waals surface area contributed by atoms with Crippen molar-refractivity contribution in [2.75, 3.05) is 28.3 Å². The van der Waals surface area contributed by atoms with E-state index in [2.05, 4.69) is 6.07 Å². The lowest BCUT2D eigenvalue weighted by Gasteiger charge is -2.22. The SMILES string of the molecule is CCC(Oc1ccc(-c2ccc(OC)cc2OC)c2ccccc12)C(=O)N(C)C. The fraction of sp³-hybridized carbons (Fsp3) is 0.292. The first kappa shape index (κ1) is 20.5. The topological polar surface area (TPSA) is 48.0 Å². The van der Waals surface area contributed by atoms with Gasteiger partial charge in [0.15, 0.2) is 6.10 Å². The zero-order valence-electron chi connectivity index (χ0n) is 17.6. The molecule has 0 N–H and O–H groups in total. The van der Waals surface area contributed by atoms with E-state index in [0.717, 1.165) is 33.4 Å². The van der Waals surface area contributed by atoms with E-state index in [1.807, 2.05) is 55.5 Å². The molecule has 1 unspecified atom stereocenters. The lowest BCUT2D eigenvalue weighted by atomic mass is 9.96. The Labute approximate surface area is 171 Å². The van der Waals surface area contributed by atoms with Crippen molar-refractivity contribution >= 4 is 16.7 Å². The summed E-state index contributed by atoms with van der Waals surface area (Å²) in [7, 11) is 6.77. The van der Waals surface area contributed by atoms with Crippen LogP contribution in [-0.4, -0.2) is 45.2 Å². The van der Waals surface area contributed by atoms with Crippen molar-refractivity contribution in [3.8, 4) is 28.4 Å². The lowest BCUT2D eigenvalue weighted by Crippen LogP contribution is -2.37. The Morgan fingerprint density at radius 3 is 2.21 bits per heavy atom. The van der Waals surface area contributed by atoms with Crippen molar-refractivity contribution in [1.82, 2.24) is 4.90 Å². The number of rotatable bonds is 7. The Morgan fingerprint density at radius 1 is 0.897 bits per heavy atom. The largest absolute Gasteiger partial charge is 0.497 e. The van der Waals surface area contributed by atoms with E-state index in [1.165, 1.54) is 0 Å². The molecule has 5 nitrogen and oxygen atoms in total. The number of carbonyl (C=O) groups excluding carboxylic acids is 1. The van der Waals surface area contributed by atoms with Gasteiger partial charge in [-0.05, 0) is 41.6 Å². The summed E-state index contributed by atoms with van der Waals surface area (Å²) < 4.78 is 17.1. The highest BCUT2D eigenvalue weighted by Gasteiger charge is 2.22. The van der Waals surface area contributed by atoms with Crippen LogP contribution in [-0.2, 0) is 4.79 Å². The predicted octanol–water partition coefficient (Wildman–Crippen LogP) is 4.77. The van der Waals surface area contributed by atoms with Gasteiger partial charge in [0.1, 0.15) is 17.2 Å². The van der Waals surface area contributed by atoms with Gasteiger partial charge in [-0.25, -0.2) is 0 Å². The molecule has 0 radical (unpaired) electrons. The van der Waals surface area contributed by atoms with Crippen LogP contribution in [0.1, 0.15) is 13.3 Å². The Kier molecular flexibility index (Phi) is 6.27. The Hall–Kier alpha value is -3.21. The van der Waals surface area contributed by atoms with Gasteiger partial charge in [0.05, 0.1) is 14.2 Å². The van der Waals surface area contributed by atoms with E-state index in [9.17, 15) is 4.79 Å². The smallest absolute Gasteiger partial charge is 0.263 e. The van der Waals surface area contributed by atoms with Crippen molar-refractivity contribution in [2.24, 2.45) is 0 Å². The number of amides is 1. The van der Waals surface area contributed by atoms with Crippen LogP contribution in [0, 0.1) is 0 Å². The third-order valence-corrected chi connectivity index (χ3v) is 4.94. The fourth-order valence-corrected chi connectivity index (χ4v) is 3.38. The number of hydrogen-bond acceptors (Lipinski definition) is 4. The van der Waals surface area contributed by atoms with Gasteiger partial charge in [-0.1, -0.05) is 31.2 Å².